The van der Waals surface area contributed by atoms with Crippen LogP contribution in [0.15, 0.2) is 35.3 Å². The van der Waals surface area contributed by atoms with Crippen molar-refractivity contribution >= 4 is 12.0 Å². The lowest BCUT2D eigenvalue weighted by atomic mass is 9.78. The highest BCUT2D eigenvalue weighted by molar-refractivity contribution is 5.72. The highest BCUT2D eigenvalue weighted by Crippen LogP contribution is 2.44. The molecule has 2 nitrogen and oxygen atoms in total. The van der Waals surface area contributed by atoms with Crippen LogP contribution in [-0.2, 0) is 5.54 Å². The third-order valence-corrected chi connectivity index (χ3v) is 5.32. The van der Waals surface area contributed by atoms with Crippen molar-refractivity contribution in [2.24, 2.45) is 4.99 Å². The van der Waals surface area contributed by atoms with Gasteiger partial charge in [0.1, 0.15) is 5.82 Å². The normalized spacial score (nSPS) is 19.8. The molecule has 2 aromatic rings. The number of rotatable bonds is 2. The van der Waals surface area contributed by atoms with E-state index in [9.17, 15) is 4.39 Å². The third-order valence-electron chi connectivity index (χ3n) is 5.32. The lowest BCUT2D eigenvalue weighted by molar-refractivity contribution is 0.290. The fourth-order valence-electron chi connectivity index (χ4n) is 3.51. The minimum Gasteiger partial charge on any atom is -0.352 e. The van der Waals surface area contributed by atoms with Crippen LogP contribution in [0.1, 0.15) is 54.5 Å². The van der Waals surface area contributed by atoms with E-state index in [2.05, 4.69) is 48.9 Å². The third kappa shape index (κ3) is 2.43. The van der Waals surface area contributed by atoms with Crippen molar-refractivity contribution in [3.05, 3.63) is 64.0 Å². The van der Waals surface area contributed by atoms with E-state index in [1.807, 2.05) is 33.3 Å². The molecule has 1 heterocycles. The van der Waals surface area contributed by atoms with Crippen LogP contribution >= 0.6 is 0 Å². The molecule has 0 fully saturated rings. The maximum Gasteiger partial charge on any atom is 0.126 e. The monoisotopic (exact) mass is 324 g/mol. The number of fused-ring (bicyclic) bond motifs is 1. The van der Waals surface area contributed by atoms with Crippen molar-refractivity contribution < 1.29 is 4.39 Å². The molecule has 0 aromatic heterocycles. The second kappa shape index (κ2) is 5.73. The molecule has 0 saturated carbocycles. The molecule has 0 bridgehead atoms. The smallest absolute Gasteiger partial charge is 0.126 e. The molecule has 3 heteroatoms. The standard InChI is InChI=1S/C21H25FN2/c1-13(2)16-7-8-20-18(11-16)21(5,24(6)12-23-20)17-9-15(4)19(22)10-14(17)3/h7-13H,1-6H3. The molecule has 0 saturated heterocycles. The Morgan fingerprint density at radius 2 is 1.75 bits per heavy atom. The van der Waals surface area contributed by atoms with Gasteiger partial charge in [-0.25, -0.2) is 9.38 Å². The van der Waals surface area contributed by atoms with Gasteiger partial charge in [0.15, 0.2) is 0 Å². The van der Waals surface area contributed by atoms with Crippen LogP contribution in [-0.4, -0.2) is 18.3 Å². The molecule has 0 aliphatic carbocycles. The predicted molar refractivity (Wildman–Crippen MR) is 98.8 cm³/mol. The van der Waals surface area contributed by atoms with Crippen molar-refractivity contribution in [2.45, 2.75) is 46.1 Å². The topological polar surface area (TPSA) is 15.6 Å². The average molecular weight is 324 g/mol. The van der Waals surface area contributed by atoms with Gasteiger partial charge in [-0.15, -0.1) is 0 Å². The van der Waals surface area contributed by atoms with E-state index in [-0.39, 0.29) is 11.4 Å². The zero-order valence-corrected chi connectivity index (χ0v) is 15.3. The van der Waals surface area contributed by atoms with Crippen molar-refractivity contribution in [2.75, 3.05) is 7.05 Å². The van der Waals surface area contributed by atoms with Crippen LogP contribution in [0.3, 0.4) is 0 Å². The Bertz CT molecular complexity index is 823. The summed E-state index contributed by atoms with van der Waals surface area (Å²) in [4.78, 5) is 6.72. The highest BCUT2D eigenvalue weighted by Gasteiger charge is 2.38. The molecule has 126 valence electrons. The van der Waals surface area contributed by atoms with E-state index in [0.29, 0.717) is 11.5 Å². The van der Waals surface area contributed by atoms with Gasteiger partial charge in [0.25, 0.3) is 0 Å². The van der Waals surface area contributed by atoms with Gasteiger partial charge in [-0.3, -0.25) is 0 Å². The molecule has 0 radical (unpaired) electrons. The average Bonchev–Trinajstić information content (AvgIpc) is 2.54. The van der Waals surface area contributed by atoms with Gasteiger partial charge in [0, 0.05) is 12.6 Å². The molecule has 3 rings (SSSR count). The molecule has 0 amide bonds. The first kappa shape index (κ1) is 16.7. The molecule has 0 N–H and O–H groups in total. The first-order chi connectivity index (χ1) is 11.2. The minimum atomic E-state index is -0.371. The first-order valence-corrected chi connectivity index (χ1v) is 8.44. The number of aliphatic imine (C=N–C) groups is 1. The van der Waals surface area contributed by atoms with Crippen LogP contribution in [0, 0.1) is 19.7 Å². The molecular formula is C21H25FN2. The summed E-state index contributed by atoms with van der Waals surface area (Å²) in [7, 11) is 2.03. The SMILES string of the molecule is Cc1cc(C2(C)c3cc(C(C)C)ccc3N=CN2C)c(C)cc1F. The molecule has 24 heavy (non-hydrogen) atoms. The fourth-order valence-corrected chi connectivity index (χ4v) is 3.51. The van der Waals surface area contributed by atoms with E-state index in [0.717, 1.165) is 16.8 Å². The van der Waals surface area contributed by atoms with Gasteiger partial charge < -0.3 is 4.90 Å². The maximum atomic E-state index is 14.0. The number of halogens is 1. The first-order valence-electron chi connectivity index (χ1n) is 8.44. The molecular weight excluding hydrogens is 299 g/mol. The Hall–Kier alpha value is -2.16. The summed E-state index contributed by atoms with van der Waals surface area (Å²) in [6.07, 6.45) is 1.87. The largest absolute Gasteiger partial charge is 0.352 e. The van der Waals surface area contributed by atoms with Crippen LogP contribution in [0.25, 0.3) is 0 Å². The van der Waals surface area contributed by atoms with Gasteiger partial charge in [-0.2, -0.15) is 0 Å². The van der Waals surface area contributed by atoms with Crippen molar-refractivity contribution in [3.8, 4) is 0 Å². The summed E-state index contributed by atoms with van der Waals surface area (Å²) in [5, 5.41) is 0. The molecule has 1 unspecified atom stereocenters. The Morgan fingerprint density at radius 1 is 1.04 bits per heavy atom. The van der Waals surface area contributed by atoms with Crippen LogP contribution in [0.4, 0.5) is 10.1 Å². The summed E-state index contributed by atoms with van der Waals surface area (Å²) in [5.74, 6) is 0.301. The van der Waals surface area contributed by atoms with Gasteiger partial charge >= 0.3 is 0 Å². The highest BCUT2D eigenvalue weighted by atomic mass is 19.1. The number of hydrogen-bond acceptors (Lipinski definition) is 2. The van der Waals surface area contributed by atoms with Crippen molar-refractivity contribution in [1.82, 2.24) is 4.90 Å². The zero-order valence-electron chi connectivity index (χ0n) is 15.3. The van der Waals surface area contributed by atoms with Gasteiger partial charge in [0.2, 0.25) is 0 Å². The van der Waals surface area contributed by atoms with Gasteiger partial charge in [-0.05, 0) is 61.1 Å². The number of nitrogens with zero attached hydrogens (tertiary/aromatic N) is 2. The Balaban J connectivity index is 2.29. The lowest BCUT2D eigenvalue weighted by Crippen LogP contribution is -2.44. The van der Waals surface area contributed by atoms with E-state index >= 15 is 0 Å². The van der Waals surface area contributed by atoms with Crippen LogP contribution < -0.4 is 0 Å². The summed E-state index contributed by atoms with van der Waals surface area (Å²) in [6.45, 7) is 10.4. The van der Waals surface area contributed by atoms with E-state index in [1.54, 1.807) is 6.07 Å². The molecule has 1 aliphatic heterocycles. The molecule has 2 aromatic carbocycles. The molecule has 0 spiro atoms. The van der Waals surface area contributed by atoms with Crippen LogP contribution in [0.5, 0.6) is 0 Å². The van der Waals surface area contributed by atoms with Crippen molar-refractivity contribution in [1.29, 1.82) is 0 Å². The minimum absolute atomic E-state index is 0.150. The van der Waals surface area contributed by atoms with Gasteiger partial charge in [-0.1, -0.05) is 32.0 Å². The van der Waals surface area contributed by atoms with Gasteiger partial charge in [0.05, 0.1) is 17.6 Å². The number of aryl methyl sites for hydroxylation is 2. The number of benzene rings is 2. The zero-order chi connectivity index (χ0) is 17.6. The van der Waals surface area contributed by atoms with Crippen molar-refractivity contribution in [3.63, 3.8) is 0 Å². The van der Waals surface area contributed by atoms with E-state index in [1.165, 1.54) is 11.1 Å². The van der Waals surface area contributed by atoms with Crippen LogP contribution in [0.2, 0.25) is 0 Å². The maximum absolute atomic E-state index is 14.0. The number of hydrogen-bond donors (Lipinski definition) is 0. The molecule has 1 atom stereocenters. The predicted octanol–water partition coefficient (Wildman–Crippen LogP) is 5.43. The van der Waals surface area contributed by atoms with E-state index < -0.39 is 0 Å². The Morgan fingerprint density at radius 3 is 2.42 bits per heavy atom. The Kier molecular flexibility index (Phi) is 3.98. The summed E-state index contributed by atoms with van der Waals surface area (Å²) in [5.41, 5.74) is 5.84. The quantitative estimate of drug-likeness (QED) is 0.718. The fraction of sp³-hybridized carbons (Fsp3) is 0.381. The summed E-state index contributed by atoms with van der Waals surface area (Å²) in [6, 6.07) is 10.1. The second-order valence-corrected chi connectivity index (χ2v) is 7.28. The van der Waals surface area contributed by atoms with E-state index in [4.69, 9.17) is 0 Å². The summed E-state index contributed by atoms with van der Waals surface area (Å²) < 4.78 is 14.0. The Labute approximate surface area is 144 Å². The summed E-state index contributed by atoms with van der Waals surface area (Å²) >= 11 is 0. The molecule has 1 aliphatic rings. The second-order valence-electron chi connectivity index (χ2n) is 7.28. The lowest BCUT2D eigenvalue weighted by Gasteiger charge is -2.43.